The van der Waals surface area contributed by atoms with Gasteiger partial charge in [0.2, 0.25) is 0 Å². The van der Waals surface area contributed by atoms with E-state index in [0.29, 0.717) is 13.0 Å². The molecule has 0 saturated heterocycles. The predicted molar refractivity (Wildman–Crippen MR) is 93.9 cm³/mol. The van der Waals surface area contributed by atoms with E-state index in [1.807, 2.05) is 0 Å². The van der Waals surface area contributed by atoms with Crippen molar-refractivity contribution in [3.05, 3.63) is 12.2 Å². The van der Waals surface area contributed by atoms with Crippen molar-refractivity contribution >= 4 is 5.97 Å². The van der Waals surface area contributed by atoms with E-state index in [-0.39, 0.29) is 5.97 Å². The number of carbonyl (C=O) groups is 1. The van der Waals surface area contributed by atoms with Crippen LogP contribution in [0.5, 0.6) is 0 Å². The van der Waals surface area contributed by atoms with E-state index in [0.717, 1.165) is 25.2 Å². The fraction of sp³-hybridized carbons (Fsp3) is 0.850. The van der Waals surface area contributed by atoms with Gasteiger partial charge < -0.3 is 4.74 Å². The Kier molecular flexibility index (Phi) is 12.1. The van der Waals surface area contributed by atoms with Gasteiger partial charge in [-0.05, 0) is 31.6 Å². The molecule has 0 N–H and O–H groups in total. The number of rotatable bonds is 15. The molecule has 0 atom stereocenters. The highest BCUT2D eigenvalue weighted by molar-refractivity contribution is 5.69. The minimum Gasteiger partial charge on any atom is -0.466 e. The van der Waals surface area contributed by atoms with Gasteiger partial charge in [-0.2, -0.15) is 0 Å². The highest BCUT2D eigenvalue weighted by Crippen LogP contribution is 2.34. The maximum atomic E-state index is 11.5. The largest absolute Gasteiger partial charge is 0.466 e. The summed E-state index contributed by atoms with van der Waals surface area (Å²) in [6, 6.07) is 0. The van der Waals surface area contributed by atoms with Gasteiger partial charge >= 0.3 is 5.97 Å². The minimum absolute atomic E-state index is 0.0352. The predicted octanol–water partition coefficient (Wildman–Crippen LogP) is 6.20. The number of hydrogen-bond donors (Lipinski definition) is 0. The Morgan fingerprint density at radius 3 is 2.45 bits per heavy atom. The van der Waals surface area contributed by atoms with Crippen molar-refractivity contribution in [2.75, 3.05) is 6.61 Å². The molecule has 22 heavy (non-hydrogen) atoms. The molecule has 1 fully saturated rings. The van der Waals surface area contributed by atoms with Crippen molar-refractivity contribution in [3.8, 4) is 0 Å². The Bertz CT molecular complexity index is 292. The van der Waals surface area contributed by atoms with Crippen LogP contribution in [-0.2, 0) is 9.53 Å². The quantitative estimate of drug-likeness (QED) is 0.205. The first-order valence-electron chi connectivity index (χ1n) is 9.63. The molecule has 0 bridgehead atoms. The molecule has 0 amide bonds. The fourth-order valence-corrected chi connectivity index (χ4v) is 2.68. The van der Waals surface area contributed by atoms with Gasteiger partial charge in [-0.1, -0.05) is 76.9 Å². The maximum absolute atomic E-state index is 11.5. The molecule has 0 aliphatic heterocycles. The number of ether oxygens (including phenoxy) is 1. The van der Waals surface area contributed by atoms with Gasteiger partial charge in [-0.15, -0.1) is 0 Å². The third kappa shape index (κ3) is 12.9. The van der Waals surface area contributed by atoms with Crippen LogP contribution < -0.4 is 0 Å². The van der Waals surface area contributed by atoms with E-state index in [1.165, 1.54) is 64.2 Å². The topological polar surface area (TPSA) is 26.3 Å². The van der Waals surface area contributed by atoms with Gasteiger partial charge in [0.15, 0.2) is 0 Å². The van der Waals surface area contributed by atoms with E-state index in [1.54, 1.807) is 0 Å². The zero-order valence-electron chi connectivity index (χ0n) is 14.7. The van der Waals surface area contributed by atoms with E-state index < -0.39 is 0 Å². The van der Waals surface area contributed by atoms with E-state index in [9.17, 15) is 4.79 Å². The molecule has 0 spiro atoms. The molecule has 0 radical (unpaired) electrons. The summed E-state index contributed by atoms with van der Waals surface area (Å²) in [4.78, 5) is 11.5. The molecule has 128 valence electrons. The molecule has 0 unspecified atom stereocenters. The average molecular weight is 309 g/mol. The van der Waals surface area contributed by atoms with Crippen LogP contribution in [0.2, 0.25) is 0 Å². The maximum Gasteiger partial charge on any atom is 0.306 e. The molecule has 0 aromatic heterocycles. The lowest BCUT2D eigenvalue weighted by molar-refractivity contribution is -0.143. The van der Waals surface area contributed by atoms with Crippen LogP contribution >= 0.6 is 0 Å². The fourth-order valence-electron chi connectivity index (χ4n) is 2.68. The van der Waals surface area contributed by atoms with Crippen molar-refractivity contribution in [1.29, 1.82) is 0 Å². The summed E-state index contributed by atoms with van der Waals surface area (Å²) in [5.74, 6) is 1.04. The summed E-state index contributed by atoms with van der Waals surface area (Å²) in [7, 11) is 0. The van der Waals surface area contributed by atoms with Crippen LogP contribution in [0, 0.1) is 5.92 Å². The number of hydrogen-bond acceptors (Lipinski definition) is 2. The molecule has 2 heteroatoms. The molecule has 0 aromatic carbocycles. The third-order valence-corrected chi connectivity index (χ3v) is 4.37. The summed E-state index contributed by atoms with van der Waals surface area (Å²) < 4.78 is 5.27. The second kappa shape index (κ2) is 13.8. The highest BCUT2D eigenvalue weighted by Gasteiger charge is 2.19. The second-order valence-electron chi connectivity index (χ2n) is 6.73. The minimum atomic E-state index is -0.0352. The lowest BCUT2D eigenvalue weighted by atomic mass is 10.1. The lowest BCUT2D eigenvalue weighted by Gasteiger charge is -2.04. The zero-order chi connectivity index (χ0) is 15.9. The molecule has 1 aliphatic rings. The molecule has 0 aromatic rings. The summed E-state index contributed by atoms with van der Waals surface area (Å²) in [5.41, 5.74) is 0. The van der Waals surface area contributed by atoms with E-state index >= 15 is 0 Å². The van der Waals surface area contributed by atoms with Gasteiger partial charge in [-0.25, -0.2) is 0 Å². The summed E-state index contributed by atoms with van der Waals surface area (Å²) in [5, 5.41) is 0. The van der Waals surface area contributed by atoms with E-state index in [4.69, 9.17) is 4.74 Å². The molecule has 1 saturated carbocycles. The first-order valence-corrected chi connectivity index (χ1v) is 9.63. The van der Waals surface area contributed by atoms with Crippen LogP contribution in [0.3, 0.4) is 0 Å². The molecular formula is C20H36O2. The smallest absolute Gasteiger partial charge is 0.306 e. The average Bonchev–Trinajstić information content (AvgIpc) is 3.33. The Morgan fingerprint density at radius 2 is 1.68 bits per heavy atom. The second-order valence-corrected chi connectivity index (χ2v) is 6.73. The van der Waals surface area contributed by atoms with Crippen molar-refractivity contribution in [2.24, 2.45) is 5.92 Å². The Balaban J connectivity index is 1.76. The van der Waals surface area contributed by atoms with Crippen LogP contribution in [0.25, 0.3) is 0 Å². The summed E-state index contributed by atoms with van der Waals surface area (Å²) in [6.07, 6.45) is 21.3. The number of allylic oxidation sites excluding steroid dienone is 2. The van der Waals surface area contributed by atoms with Crippen molar-refractivity contribution in [1.82, 2.24) is 0 Å². The first-order chi connectivity index (χ1) is 10.8. The molecule has 2 nitrogen and oxygen atoms in total. The van der Waals surface area contributed by atoms with Gasteiger partial charge in [0.25, 0.3) is 0 Å². The molecule has 1 rings (SSSR count). The first kappa shape index (κ1) is 19.3. The van der Waals surface area contributed by atoms with Crippen molar-refractivity contribution in [2.45, 2.75) is 96.8 Å². The Labute approximate surface area is 137 Å². The van der Waals surface area contributed by atoms with E-state index in [2.05, 4.69) is 19.1 Å². The van der Waals surface area contributed by atoms with Gasteiger partial charge in [-0.3, -0.25) is 4.79 Å². The Hall–Kier alpha value is -0.790. The molecular weight excluding hydrogens is 272 g/mol. The van der Waals surface area contributed by atoms with Crippen LogP contribution in [0.1, 0.15) is 96.8 Å². The van der Waals surface area contributed by atoms with Crippen LogP contribution in [0.4, 0.5) is 0 Å². The SMILES string of the molecule is CCCCC/C=C\CCC(=O)OCCCCCCCC1CC1. The third-order valence-electron chi connectivity index (χ3n) is 4.37. The van der Waals surface area contributed by atoms with Crippen LogP contribution in [-0.4, -0.2) is 12.6 Å². The standard InChI is InChI=1S/C20H36O2/c1-2-3-4-5-6-9-12-15-20(21)22-18-13-10-7-8-11-14-19-16-17-19/h6,9,19H,2-5,7-8,10-18H2,1H3/b9-6-. The van der Waals surface area contributed by atoms with Crippen molar-refractivity contribution in [3.63, 3.8) is 0 Å². The zero-order valence-corrected chi connectivity index (χ0v) is 14.7. The highest BCUT2D eigenvalue weighted by atomic mass is 16.5. The number of carbonyl (C=O) groups excluding carboxylic acids is 1. The number of unbranched alkanes of at least 4 members (excludes halogenated alkanes) is 7. The normalized spacial score (nSPS) is 14.6. The van der Waals surface area contributed by atoms with Crippen LogP contribution in [0.15, 0.2) is 12.2 Å². The molecule has 0 heterocycles. The van der Waals surface area contributed by atoms with Gasteiger partial charge in [0, 0.05) is 6.42 Å². The molecule has 1 aliphatic carbocycles. The summed E-state index contributed by atoms with van der Waals surface area (Å²) in [6.45, 7) is 2.83. The Morgan fingerprint density at radius 1 is 0.955 bits per heavy atom. The summed E-state index contributed by atoms with van der Waals surface area (Å²) >= 11 is 0. The van der Waals surface area contributed by atoms with Gasteiger partial charge in [0.1, 0.15) is 0 Å². The lowest BCUT2D eigenvalue weighted by Crippen LogP contribution is -2.05. The monoisotopic (exact) mass is 308 g/mol. The van der Waals surface area contributed by atoms with Gasteiger partial charge in [0.05, 0.1) is 6.61 Å². The van der Waals surface area contributed by atoms with Crippen molar-refractivity contribution < 1.29 is 9.53 Å². The number of esters is 1.